The molecule has 2 aromatic carbocycles. The second-order valence-corrected chi connectivity index (χ2v) is 7.52. The summed E-state index contributed by atoms with van der Waals surface area (Å²) in [6, 6.07) is 12.5. The van der Waals surface area contributed by atoms with Crippen LogP contribution < -0.4 is 15.5 Å². The van der Waals surface area contributed by atoms with Gasteiger partial charge in [-0.3, -0.25) is 9.69 Å². The number of allylic oxidation sites excluding steroid dienone is 1. The summed E-state index contributed by atoms with van der Waals surface area (Å²) in [5.74, 6) is -0.606. The van der Waals surface area contributed by atoms with Gasteiger partial charge < -0.3 is 15.4 Å². The maximum atomic E-state index is 14.8. The molecule has 0 aliphatic carbocycles. The van der Waals surface area contributed by atoms with Crippen molar-refractivity contribution in [3.8, 4) is 11.1 Å². The van der Waals surface area contributed by atoms with Crippen molar-refractivity contribution in [2.75, 3.05) is 24.5 Å². The van der Waals surface area contributed by atoms with Gasteiger partial charge in [-0.1, -0.05) is 30.3 Å². The molecule has 1 fully saturated rings. The molecule has 2 N–H and O–H groups in total. The second kappa shape index (κ2) is 10.7. The van der Waals surface area contributed by atoms with E-state index in [0.717, 1.165) is 37.1 Å². The number of halogens is 1. The number of hydrogen-bond donors (Lipinski definition) is 2. The van der Waals surface area contributed by atoms with Crippen LogP contribution in [-0.4, -0.2) is 37.7 Å². The molecule has 0 radical (unpaired) electrons. The van der Waals surface area contributed by atoms with Gasteiger partial charge in [0.05, 0.1) is 18.8 Å². The Bertz CT molecular complexity index is 930. The van der Waals surface area contributed by atoms with Gasteiger partial charge in [-0.2, -0.15) is 0 Å². The maximum absolute atomic E-state index is 14.8. The summed E-state index contributed by atoms with van der Waals surface area (Å²) in [6.07, 6.45) is 2.95. The summed E-state index contributed by atoms with van der Waals surface area (Å²) in [6.45, 7) is 7.28. The molecule has 0 saturated carbocycles. The van der Waals surface area contributed by atoms with Gasteiger partial charge in [0, 0.05) is 19.0 Å². The Balaban J connectivity index is 1.62. The molecule has 3 rings (SSSR count). The summed E-state index contributed by atoms with van der Waals surface area (Å²) < 4.78 is 20.1. The summed E-state index contributed by atoms with van der Waals surface area (Å²) in [7, 11) is 0. The number of hydrogen-bond acceptors (Lipinski definition) is 4. The monoisotopic (exact) mass is 425 g/mol. The summed E-state index contributed by atoms with van der Waals surface area (Å²) in [4.78, 5) is 24.6. The first-order valence-electron chi connectivity index (χ1n) is 10.4. The van der Waals surface area contributed by atoms with Gasteiger partial charge >= 0.3 is 6.09 Å². The topological polar surface area (TPSA) is 70.7 Å². The number of carbonyl (C=O) groups excluding carboxylic acids is 2. The van der Waals surface area contributed by atoms with Crippen LogP contribution in [-0.2, 0) is 16.1 Å². The van der Waals surface area contributed by atoms with E-state index in [-0.39, 0.29) is 19.0 Å². The molecule has 7 heteroatoms. The van der Waals surface area contributed by atoms with E-state index in [1.807, 2.05) is 30.3 Å². The molecule has 1 aliphatic heterocycles. The fraction of sp³-hybridized carbons (Fsp3) is 0.333. The molecule has 2 aromatic rings. The average molecular weight is 426 g/mol. The van der Waals surface area contributed by atoms with E-state index in [9.17, 15) is 14.0 Å². The van der Waals surface area contributed by atoms with Crippen LogP contribution >= 0.6 is 0 Å². The van der Waals surface area contributed by atoms with Crippen molar-refractivity contribution < 1.29 is 18.7 Å². The first kappa shape index (κ1) is 22.5. The molecular formula is C24H28FN3O3. The number of ether oxygens (including phenoxy) is 1. The second-order valence-electron chi connectivity index (χ2n) is 7.52. The highest BCUT2D eigenvalue weighted by Gasteiger charge is 2.32. The summed E-state index contributed by atoms with van der Waals surface area (Å²) >= 11 is 0. The van der Waals surface area contributed by atoms with E-state index < -0.39 is 18.0 Å². The molecule has 1 aliphatic rings. The Morgan fingerprint density at radius 2 is 2.06 bits per heavy atom. The molecule has 1 atom stereocenters. The quantitative estimate of drug-likeness (QED) is 0.446. The van der Waals surface area contributed by atoms with Crippen molar-refractivity contribution in [3.63, 3.8) is 0 Å². The van der Waals surface area contributed by atoms with Crippen molar-refractivity contribution in [1.82, 2.24) is 10.6 Å². The Morgan fingerprint density at radius 3 is 2.74 bits per heavy atom. The van der Waals surface area contributed by atoms with Gasteiger partial charge in [0.25, 0.3) is 0 Å². The van der Waals surface area contributed by atoms with Crippen LogP contribution in [0.25, 0.3) is 11.1 Å². The van der Waals surface area contributed by atoms with Gasteiger partial charge in [0.15, 0.2) is 0 Å². The van der Waals surface area contributed by atoms with E-state index in [1.165, 1.54) is 17.9 Å². The predicted octanol–water partition coefficient (Wildman–Crippen LogP) is 4.01. The van der Waals surface area contributed by atoms with Gasteiger partial charge in [-0.15, -0.1) is 6.58 Å². The molecule has 0 unspecified atom stereocenters. The van der Waals surface area contributed by atoms with Crippen LogP contribution in [0.2, 0.25) is 0 Å². The third kappa shape index (κ3) is 6.15. The molecule has 1 heterocycles. The first-order chi connectivity index (χ1) is 15.0. The molecule has 6 nitrogen and oxygen atoms in total. The largest absolute Gasteiger partial charge is 0.442 e. The smallest absolute Gasteiger partial charge is 0.414 e. The highest BCUT2D eigenvalue weighted by atomic mass is 19.1. The Morgan fingerprint density at radius 1 is 1.29 bits per heavy atom. The number of rotatable bonds is 10. The zero-order valence-corrected chi connectivity index (χ0v) is 17.7. The van der Waals surface area contributed by atoms with Crippen LogP contribution in [0.1, 0.15) is 25.3 Å². The third-order valence-corrected chi connectivity index (χ3v) is 5.07. The van der Waals surface area contributed by atoms with Gasteiger partial charge in [0.1, 0.15) is 11.9 Å². The Hall–Kier alpha value is -3.19. The van der Waals surface area contributed by atoms with Gasteiger partial charge in [-0.05, 0) is 48.7 Å². The van der Waals surface area contributed by atoms with E-state index in [4.69, 9.17) is 4.74 Å². The number of benzene rings is 2. The van der Waals surface area contributed by atoms with Crippen LogP contribution in [0.3, 0.4) is 0 Å². The maximum Gasteiger partial charge on any atom is 0.414 e. The van der Waals surface area contributed by atoms with Crippen LogP contribution in [0.15, 0.2) is 55.1 Å². The lowest BCUT2D eigenvalue weighted by Crippen LogP contribution is -2.33. The normalized spacial score (nSPS) is 15.6. The zero-order valence-electron chi connectivity index (χ0n) is 17.7. The van der Waals surface area contributed by atoms with Crippen molar-refractivity contribution in [1.29, 1.82) is 0 Å². The predicted molar refractivity (Wildman–Crippen MR) is 119 cm³/mol. The minimum Gasteiger partial charge on any atom is -0.442 e. The highest BCUT2D eigenvalue weighted by molar-refractivity contribution is 5.90. The summed E-state index contributed by atoms with van der Waals surface area (Å²) in [5, 5.41) is 6.00. The minimum atomic E-state index is -0.549. The number of anilines is 1. The lowest BCUT2D eigenvalue weighted by atomic mass is 10.0. The molecular weight excluding hydrogens is 397 g/mol. The highest BCUT2D eigenvalue weighted by Crippen LogP contribution is 2.29. The number of cyclic esters (lactones) is 1. The molecule has 0 bridgehead atoms. The van der Waals surface area contributed by atoms with Crippen LogP contribution in [0.4, 0.5) is 14.9 Å². The zero-order chi connectivity index (χ0) is 22.2. The first-order valence-corrected chi connectivity index (χ1v) is 10.4. The van der Waals surface area contributed by atoms with E-state index in [1.54, 1.807) is 12.1 Å². The van der Waals surface area contributed by atoms with E-state index >= 15 is 0 Å². The van der Waals surface area contributed by atoms with Crippen molar-refractivity contribution in [2.45, 2.75) is 32.4 Å². The fourth-order valence-corrected chi connectivity index (χ4v) is 3.41. The lowest BCUT2D eigenvalue weighted by Gasteiger charge is -2.15. The molecule has 0 aromatic heterocycles. The van der Waals surface area contributed by atoms with Crippen LogP contribution in [0, 0.1) is 5.82 Å². The number of nitrogens with zero attached hydrogens (tertiary/aromatic N) is 1. The average Bonchev–Trinajstić information content (AvgIpc) is 3.13. The van der Waals surface area contributed by atoms with Crippen LogP contribution in [0.5, 0.6) is 0 Å². The lowest BCUT2D eigenvalue weighted by molar-refractivity contribution is -0.119. The number of nitrogens with one attached hydrogen (secondary N) is 2. The minimum absolute atomic E-state index is 0.195. The summed E-state index contributed by atoms with van der Waals surface area (Å²) in [5.41, 5.74) is 2.80. The Kier molecular flexibility index (Phi) is 7.78. The van der Waals surface area contributed by atoms with Crippen molar-refractivity contribution in [2.24, 2.45) is 0 Å². The SMILES string of the molecule is C=CCCCNCc1ccc(-c2ccc(N3C[C@H](CNC(C)=O)OC3=O)cc2F)cc1. The third-order valence-electron chi connectivity index (χ3n) is 5.07. The van der Waals surface area contributed by atoms with Gasteiger partial charge in [0.2, 0.25) is 5.91 Å². The van der Waals surface area contributed by atoms with Crippen molar-refractivity contribution >= 4 is 17.7 Å². The van der Waals surface area contributed by atoms with Gasteiger partial charge in [-0.25, -0.2) is 9.18 Å². The van der Waals surface area contributed by atoms with Crippen molar-refractivity contribution in [3.05, 3.63) is 66.5 Å². The molecule has 2 amide bonds. The molecule has 0 spiro atoms. The number of carbonyl (C=O) groups is 2. The Labute approximate surface area is 182 Å². The van der Waals surface area contributed by atoms with E-state index in [0.29, 0.717) is 11.3 Å². The van der Waals surface area contributed by atoms with E-state index in [2.05, 4.69) is 17.2 Å². The molecule has 31 heavy (non-hydrogen) atoms. The standard InChI is InChI=1S/C24H28FN3O3/c1-3-4-5-12-26-14-18-6-8-19(9-7-18)22-11-10-20(13-23(22)25)28-16-21(31-24(28)30)15-27-17(2)29/h3,6-11,13,21,26H,1,4-5,12,14-16H2,2H3,(H,27,29)/t21-/m0/s1. The number of unbranched alkanes of at least 4 members (excludes halogenated alkanes) is 1. The number of amides is 2. The molecule has 164 valence electrons. The molecule has 1 saturated heterocycles. The fourth-order valence-electron chi connectivity index (χ4n) is 3.41.